The molecule has 6 heteroatoms. The fourth-order valence-electron chi connectivity index (χ4n) is 1.52. The molecule has 2 nitrogen and oxygen atoms in total. The van der Waals surface area contributed by atoms with Crippen LogP contribution in [0.1, 0.15) is 24.5 Å². The van der Waals surface area contributed by atoms with Crippen molar-refractivity contribution in [1.29, 1.82) is 0 Å². The summed E-state index contributed by atoms with van der Waals surface area (Å²) in [5.41, 5.74) is -0.625. The van der Waals surface area contributed by atoms with E-state index >= 15 is 0 Å². The minimum atomic E-state index is -4.41. The monoisotopic (exact) mass is 324 g/mol. The molecule has 0 aromatic heterocycles. The van der Waals surface area contributed by atoms with Crippen molar-refractivity contribution in [3.8, 4) is 0 Å². The molecule has 0 unspecified atom stereocenters. The number of esters is 1. The predicted molar refractivity (Wildman–Crippen MR) is 64.1 cm³/mol. The molecular formula is C12H12BrF3O2. The Balaban J connectivity index is 2.86. The van der Waals surface area contributed by atoms with Gasteiger partial charge in [-0.2, -0.15) is 13.2 Å². The molecule has 1 aromatic rings. The van der Waals surface area contributed by atoms with Crippen molar-refractivity contribution in [2.24, 2.45) is 0 Å². The maximum absolute atomic E-state index is 12.7. The number of benzene rings is 1. The Morgan fingerprint density at radius 3 is 2.61 bits per heavy atom. The van der Waals surface area contributed by atoms with Gasteiger partial charge in [0.1, 0.15) is 0 Å². The van der Waals surface area contributed by atoms with E-state index in [0.29, 0.717) is 4.47 Å². The third-order valence-electron chi connectivity index (χ3n) is 2.28. The first-order chi connectivity index (χ1) is 8.34. The number of hydrogen-bond acceptors (Lipinski definition) is 2. The molecular weight excluding hydrogens is 313 g/mol. The van der Waals surface area contributed by atoms with Crippen molar-refractivity contribution in [1.82, 2.24) is 0 Å². The zero-order valence-corrected chi connectivity index (χ0v) is 11.3. The maximum Gasteiger partial charge on any atom is 0.416 e. The van der Waals surface area contributed by atoms with Crippen LogP contribution in [-0.2, 0) is 22.1 Å². The number of ether oxygens (including phenoxy) is 1. The van der Waals surface area contributed by atoms with Crippen LogP contribution in [0.5, 0.6) is 0 Å². The molecule has 100 valence electrons. The number of rotatable bonds is 4. The lowest BCUT2D eigenvalue weighted by Crippen LogP contribution is -2.11. The largest absolute Gasteiger partial charge is 0.466 e. The average molecular weight is 325 g/mol. The van der Waals surface area contributed by atoms with E-state index in [9.17, 15) is 18.0 Å². The molecule has 0 heterocycles. The van der Waals surface area contributed by atoms with Gasteiger partial charge in [-0.05, 0) is 37.1 Å². The van der Waals surface area contributed by atoms with Crippen molar-refractivity contribution in [2.45, 2.75) is 25.9 Å². The van der Waals surface area contributed by atoms with Gasteiger partial charge in [0.2, 0.25) is 0 Å². The van der Waals surface area contributed by atoms with Gasteiger partial charge in [0.15, 0.2) is 0 Å². The molecule has 0 aliphatic heterocycles. The third-order valence-corrected chi connectivity index (χ3v) is 2.77. The summed E-state index contributed by atoms with van der Waals surface area (Å²) in [6.45, 7) is 1.88. The number of carbonyl (C=O) groups is 1. The Morgan fingerprint density at radius 1 is 1.39 bits per heavy atom. The number of carbonyl (C=O) groups excluding carboxylic acids is 1. The van der Waals surface area contributed by atoms with Gasteiger partial charge in [-0.25, -0.2) is 0 Å². The highest BCUT2D eigenvalue weighted by atomic mass is 79.9. The zero-order valence-electron chi connectivity index (χ0n) is 9.68. The molecule has 0 amide bonds. The lowest BCUT2D eigenvalue weighted by molar-refractivity contribution is -0.144. The summed E-state index contributed by atoms with van der Waals surface area (Å²) in [6.07, 6.45) is -4.47. The SMILES string of the molecule is CCOC(=O)CCc1cc(Br)ccc1C(F)(F)F. The average Bonchev–Trinajstić information content (AvgIpc) is 2.25. The second-order valence-corrected chi connectivity index (χ2v) is 4.52. The van der Waals surface area contributed by atoms with Crippen LogP contribution in [0, 0.1) is 0 Å². The van der Waals surface area contributed by atoms with E-state index in [-0.39, 0.29) is 25.0 Å². The minimum absolute atomic E-state index is 0.00706. The fraction of sp³-hybridized carbons (Fsp3) is 0.417. The Labute approximate surface area is 111 Å². The van der Waals surface area contributed by atoms with Crippen LogP contribution in [0.25, 0.3) is 0 Å². The zero-order chi connectivity index (χ0) is 13.8. The fourth-order valence-corrected chi connectivity index (χ4v) is 1.92. The Kier molecular flexibility index (Phi) is 5.19. The van der Waals surface area contributed by atoms with Crippen molar-refractivity contribution in [2.75, 3.05) is 6.61 Å². The van der Waals surface area contributed by atoms with Crippen molar-refractivity contribution < 1.29 is 22.7 Å². The molecule has 0 aliphatic carbocycles. The van der Waals surface area contributed by atoms with E-state index in [1.165, 1.54) is 12.1 Å². The van der Waals surface area contributed by atoms with Crippen LogP contribution >= 0.6 is 15.9 Å². The molecule has 1 aromatic carbocycles. The highest BCUT2D eigenvalue weighted by Crippen LogP contribution is 2.33. The molecule has 0 aliphatic rings. The first kappa shape index (κ1) is 15.0. The highest BCUT2D eigenvalue weighted by molar-refractivity contribution is 9.10. The number of hydrogen-bond donors (Lipinski definition) is 0. The summed E-state index contributed by atoms with van der Waals surface area (Å²) in [6, 6.07) is 3.71. The van der Waals surface area contributed by atoms with Crippen LogP contribution in [-0.4, -0.2) is 12.6 Å². The molecule has 0 N–H and O–H groups in total. The molecule has 0 radical (unpaired) electrons. The van der Waals surface area contributed by atoms with Crippen molar-refractivity contribution in [3.63, 3.8) is 0 Å². The van der Waals surface area contributed by atoms with E-state index in [1.54, 1.807) is 6.92 Å². The van der Waals surface area contributed by atoms with Gasteiger partial charge in [0.05, 0.1) is 12.2 Å². The molecule has 0 saturated carbocycles. The normalized spacial score (nSPS) is 11.4. The standard InChI is InChI=1S/C12H12BrF3O2/c1-2-18-11(17)6-3-8-7-9(13)4-5-10(8)12(14,15)16/h4-5,7H,2-3,6H2,1H3. The molecule has 0 fully saturated rings. The summed E-state index contributed by atoms with van der Waals surface area (Å²) in [7, 11) is 0. The summed E-state index contributed by atoms with van der Waals surface area (Å²) in [4.78, 5) is 11.1. The van der Waals surface area contributed by atoms with Gasteiger partial charge in [-0.3, -0.25) is 4.79 Å². The smallest absolute Gasteiger partial charge is 0.416 e. The summed E-state index contributed by atoms with van der Waals surface area (Å²) in [5, 5.41) is 0. The van der Waals surface area contributed by atoms with Crippen molar-refractivity contribution >= 4 is 21.9 Å². The first-order valence-corrected chi connectivity index (χ1v) is 6.15. The van der Waals surface area contributed by atoms with Gasteiger partial charge in [-0.15, -0.1) is 0 Å². The van der Waals surface area contributed by atoms with Gasteiger partial charge in [0, 0.05) is 10.9 Å². The molecule has 0 spiro atoms. The number of alkyl halides is 3. The van der Waals surface area contributed by atoms with Crippen LogP contribution in [0.2, 0.25) is 0 Å². The van der Waals surface area contributed by atoms with E-state index < -0.39 is 17.7 Å². The van der Waals surface area contributed by atoms with E-state index in [2.05, 4.69) is 20.7 Å². The third kappa shape index (κ3) is 4.33. The Bertz CT molecular complexity index is 430. The second kappa shape index (κ2) is 6.22. The van der Waals surface area contributed by atoms with Gasteiger partial charge < -0.3 is 4.74 Å². The van der Waals surface area contributed by atoms with Crippen LogP contribution in [0.15, 0.2) is 22.7 Å². The molecule has 0 atom stereocenters. The van der Waals surface area contributed by atoms with Crippen molar-refractivity contribution in [3.05, 3.63) is 33.8 Å². The van der Waals surface area contributed by atoms with Crippen LogP contribution in [0.3, 0.4) is 0 Å². The summed E-state index contributed by atoms with van der Waals surface area (Å²) < 4.78 is 43.4. The maximum atomic E-state index is 12.7. The molecule has 0 bridgehead atoms. The lowest BCUT2D eigenvalue weighted by atomic mass is 10.0. The van der Waals surface area contributed by atoms with E-state index in [0.717, 1.165) is 6.07 Å². The predicted octanol–water partition coefficient (Wildman–Crippen LogP) is 3.96. The number of halogens is 4. The summed E-state index contributed by atoms with van der Waals surface area (Å²) >= 11 is 3.12. The van der Waals surface area contributed by atoms with E-state index in [4.69, 9.17) is 0 Å². The molecule has 1 rings (SSSR count). The molecule has 18 heavy (non-hydrogen) atoms. The Hall–Kier alpha value is -1.04. The van der Waals surface area contributed by atoms with Gasteiger partial charge >= 0.3 is 12.1 Å². The van der Waals surface area contributed by atoms with E-state index in [1.807, 2.05) is 0 Å². The lowest BCUT2D eigenvalue weighted by Gasteiger charge is -2.13. The highest BCUT2D eigenvalue weighted by Gasteiger charge is 2.33. The van der Waals surface area contributed by atoms with Gasteiger partial charge in [-0.1, -0.05) is 15.9 Å². The van der Waals surface area contributed by atoms with Gasteiger partial charge in [0.25, 0.3) is 0 Å². The minimum Gasteiger partial charge on any atom is -0.466 e. The second-order valence-electron chi connectivity index (χ2n) is 3.60. The Morgan fingerprint density at radius 2 is 2.06 bits per heavy atom. The topological polar surface area (TPSA) is 26.3 Å². The molecule has 0 saturated heterocycles. The van der Waals surface area contributed by atoms with Crippen LogP contribution < -0.4 is 0 Å². The van der Waals surface area contributed by atoms with Crippen LogP contribution in [0.4, 0.5) is 13.2 Å². The quantitative estimate of drug-likeness (QED) is 0.783. The first-order valence-electron chi connectivity index (χ1n) is 5.36. The number of aryl methyl sites for hydroxylation is 1. The summed E-state index contributed by atoms with van der Waals surface area (Å²) in [5.74, 6) is -0.495.